The maximum atomic E-state index is 11.7. The highest BCUT2D eigenvalue weighted by Gasteiger charge is 2.45. The van der Waals surface area contributed by atoms with E-state index in [4.69, 9.17) is 25.0 Å². The maximum absolute atomic E-state index is 11.7. The molecule has 0 aliphatic carbocycles. The Morgan fingerprint density at radius 2 is 2.12 bits per heavy atom. The number of anilines is 1. The van der Waals surface area contributed by atoms with E-state index in [9.17, 15) is 19.6 Å². The highest BCUT2D eigenvalue weighted by Crippen LogP contribution is 2.38. The van der Waals surface area contributed by atoms with Crippen LogP contribution in [0.1, 0.15) is 23.6 Å². The zero-order chi connectivity index (χ0) is 18.1. The monoisotopic (exact) mass is 367 g/mol. The van der Waals surface area contributed by atoms with Crippen molar-refractivity contribution in [2.24, 2.45) is 0 Å². The first kappa shape index (κ1) is 18.8. The van der Waals surface area contributed by atoms with Gasteiger partial charge in [-0.15, -0.1) is 0 Å². The van der Waals surface area contributed by atoms with Crippen LogP contribution in [0.4, 0.5) is 5.82 Å². The van der Waals surface area contributed by atoms with Gasteiger partial charge in [0.15, 0.2) is 11.9 Å². The summed E-state index contributed by atoms with van der Waals surface area (Å²) < 4.78 is 26.2. The topological polar surface area (TPSA) is 187 Å². The van der Waals surface area contributed by atoms with Crippen molar-refractivity contribution in [1.82, 2.24) is 9.55 Å². The standard InChI is InChI=1S/C11H18N3O9P/c1-2-21-11(17)6-9(12)14(4-13-6)10-8(16)7(15)5(23-10)3-22-24(18,19)20/h4-5,7-8,10,15-16H,2-3,12H2,1H3,(H2,18,19,20)/t5-,7?,8?,10-/m1/s1. The molecule has 2 rings (SSSR count). The van der Waals surface area contributed by atoms with E-state index >= 15 is 0 Å². The number of phosphoric ester groups is 1. The SMILES string of the molecule is CCOC(=O)c1ncn([C@@H]2O[C@H](COP(=O)(O)O)C(O)C2O)c1N. The molecule has 0 bridgehead atoms. The molecule has 0 radical (unpaired) electrons. The smallest absolute Gasteiger partial charge is 0.461 e. The van der Waals surface area contributed by atoms with E-state index in [0.717, 1.165) is 10.9 Å². The lowest BCUT2D eigenvalue weighted by Crippen LogP contribution is -2.33. The van der Waals surface area contributed by atoms with E-state index in [1.807, 2.05) is 0 Å². The Labute approximate surface area is 136 Å². The Morgan fingerprint density at radius 3 is 2.71 bits per heavy atom. The van der Waals surface area contributed by atoms with Crippen LogP contribution in [0.15, 0.2) is 6.33 Å². The van der Waals surface area contributed by atoms with Gasteiger partial charge in [0.05, 0.1) is 19.5 Å². The summed E-state index contributed by atoms with van der Waals surface area (Å²) in [7, 11) is -4.76. The van der Waals surface area contributed by atoms with Crippen molar-refractivity contribution in [3.8, 4) is 0 Å². The molecule has 2 unspecified atom stereocenters. The molecule has 0 saturated carbocycles. The van der Waals surface area contributed by atoms with Crippen LogP contribution in [0.3, 0.4) is 0 Å². The Morgan fingerprint density at radius 1 is 1.46 bits per heavy atom. The first-order valence-electron chi connectivity index (χ1n) is 6.86. The average molecular weight is 367 g/mol. The van der Waals surface area contributed by atoms with Gasteiger partial charge in [-0.1, -0.05) is 0 Å². The molecule has 12 nitrogen and oxygen atoms in total. The molecule has 2 heterocycles. The molecule has 1 aromatic heterocycles. The number of nitrogens with zero attached hydrogens (tertiary/aromatic N) is 2. The van der Waals surface area contributed by atoms with Crippen LogP contribution in [0.2, 0.25) is 0 Å². The Balaban J connectivity index is 2.15. The second-order valence-corrected chi connectivity index (χ2v) is 6.18. The average Bonchev–Trinajstić information content (AvgIpc) is 2.99. The molecule has 13 heteroatoms. The molecule has 4 atom stereocenters. The van der Waals surface area contributed by atoms with Crippen LogP contribution in [0.25, 0.3) is 0 Å². The zero-order valence-corrected chi connectivity index (χ0v) is 13.4. The van der Waals surface area contributed by atoms with Gasteiger partial charge in [-0.25, -0.2) is 14.3 Å². The van der Waals surface area contributed by atoms with Crippen LogP contribution in [0, 0.1) is 0 Å². The summed E-state index contributed by atoms with van der Waals surface area (Å²) in [5.74, 6) is -0.913. The molecule has 0 aromatic carbocycles. The van der Waals surface area contributed by atoms with Crippen LogP contribution in [-0.4, -0.2) is 67.0 Å². The fourth-order valence-corrected chi connectivity index (χ4v) is 2.54. The van der Waals surface area contributed by atoms with E-state index in [2.05, 4.69) is 9.51 Å². The van der Waals surface area contributed by atoms with Crippen molar-refractivity contribution < 1.29 is 43.4 Å². The van der Waals surface area contributed by atoms with Crippen LogP contribution in [-0.2, 0) is 18.6 Å². The van der Waals surface area contributed by atoms with Crippen molar-refractivity contribution in [1.29, 1.82) is 0 Å². The summed E-state index contributed by atoms with van der Waals surface area (Å²) in [6.45, 7) is 1.07. The quantitative estimate of drug-likeness (QED) is 0.287. The first-order valence-corrected chi connectivity index (χ1v) is 8.39. The molecule has 1 saturated heterocycles. The Bertz CT molecular complexity index is 645. The molecule has 24 heavy (non-hydrogen) atoms. The minimum atomic E-state index is -4.76. The number of phosphoric acid groups is 1. The van der Waals surface area contributed by atoms with E-state index in [1.165, 1.54) is 0 Å². The lowest BCUT2D eigenvalue weighted by molar-refractivity contribution is -0.0511. The van der Waals surface area contributed by atoms with Crippen molar-refractivity contribution >= 4 is 19.6 Å². The second kappa shape index (κ2) is 7.15. The Hall–Kier alpha value is -1.53. The molecule has 0 amide bonds. The number of nitrogens with two attached hydrogens (primary N) is 1. The van der Waals surface area contributed by atoms with E-state index in [-0.39, 0.29) is 18.1 Å². The highest BCUT2D eigenvalue weighted by molar-refractivity contribution is 7.46. The van der Waals surface area contributed by atoms with E-state index in [1.54, 1.807) is 6.92 Å². The number of ether oxygens (including phenoxy) is 2. The normalized spacial score (nSPS) is 27.4. The molecule has 136 valence electrons. The molecular weight excluding hydrogens is 349 g/mol. The molecule has 6 N–H and O–H groups in total. The number of hydrogen-bond donors (Lipinski definition) is 5. The van der Waals surface area contributed by atoms with Gasteiger partial charge in [-0.05, 0) is 6.92 Å². The third-order valence-electron chi connectivity index (χ3n) is 3.32. The minimum Gasteiger partial charge on any atom is -0.461 e. The summed E-state index contributed by atoms with van der Waals surface area (Å²) in [4.78, 5) is 32.8. The zero-order valence-electron chi connectivity index (χ0n) is 12.6. The summed E-state index contributed by atoms with van der Waals surface area (Å²) in [5.41, 5.74) is 5.60. The number of hydrogen-bond acceptors (Lipinski definition) is 9. The molecule has 0 spiro atoms. The van der Waals surface area contributed by atoms with E-state index in [0.29, 0.717) is 0 Å². The predicted molar refractivity (Wildman–Crippen MR) is 76.5 cm³/mol. The number of aliphatic hydroxyl groups is 2. The van der Waals surface area contributed by atoms with Crippen molar-refractivity contribution in [2.45, 2.75) is 31.5 Å². The fourth-order valence-electron chi connectivity index (χ4n) is 2.20. The fraction of sp³-hybridized carbons (Fsp3) is 0.636. The number of aromatic nitrogens is 2. The van der Waals surface area contributed by atoms with E-state index < -0.39 is 44.9 Å². The highest BCUT2D eigenvalue weighted by atomic mass is 31.2. The number of aliphatic hydroxyl groups excluding tert-OH is 2. The molecule has 1 aromatic rings. The summed E-state index contributed by atoms with van der Waals surface area (Å²) >= 11 is 0. The van der Waals surface area contributed by atoms with Gasteiger partial charge in [0.2, 0.25) is 0 Å². The van der Waals surface area contributed by atoms with Gasteiger partial charge in [0, 0.05) is 0 Å². The maximum Gasteiger partial charge on any atom is 0.469 e. The largest absolute Gasteiger partial charge is 0.469 e. The van der Waals surface area contributed by atoms with Crippen LogP contribution >= 0.6 is 7.82 Å². The van der Waals surface area contributed by atoms with Crippen molar-refractivity contribution in [3.05, 3.63) is 12.0 Å². The number of nitrogen functional groups attached to an aromatic ring is 1. The van der Waals surface area contributed by atoms with Gasteiger partial charge in [-0.3, -0.25) is 9.09 Å². The number of carbonyl (C=O) groups excluding carboxylic acids is 1. The first-order chi connectivity index (χ1) is 11.2. The second-order valence-electron chi connectivity index (χ2n) is 4.94. The van der Waals surface area contributed by atoms with Crippen molar-refractivity contribution in [2.75, 3.05) is 18.9 Å². The minimum absolute atomic E-state index is 0.119. The number of rotatable bonds is 6. The van der Waals surface area contributed by atoms with Crippen LogP contribution < -0.4 is 5.73 Å². The van der Waals surface area contributed by atoms with Gasteiger partial charge in [-0.2, -0.15) is 0 Å². The molecule has 1 aliphatic heterocycles. The lowest BCUT2D eigenvalue weighted by atomic mass is 10.1. The summed E-state index contributed by atoms with van der Waals surface area (Å²) in [5, 5.41) is 19.9. The third-order valence-corrected chi connectivity index (χ3v) is 3.80. The predicted octanol–water partition coefficient (Wildman–Crippen LogP) is -1.63. The molecule has 1 aliphatic rings. The summed E-state index contributed by atoms with van der Waals surface area (Å²) in [6.07, 6.45) is -4.29. The lowest BCUT2D eigenvalue weighted by Gasteiger charge is -2.17. The Kier molecular flexibility index (Phi) is 5.60. The van der Waals surface area contributed by atoms with Gasteiger partial charge < -0.3 is 35.2 Å². The molecular formula is C11H18N3O9P. The van der Waals surface area contributed by atoms with Crippen LogP contribution in [0.5, 0.6) is 0 Å². The van der Waals surface area contributed by atoms with Crippen molar-refractivity contribution in [3.63, 3.8) is 0 Å². The number of esters is 1. The van der Waals surface area contributed by atoms with Gasteiger partial charge >= 0.3 is 13.8 Å². The van der Waals surface area contributed by atoms with Gasteiger partial charge in [0.1, 0.15) is 24.1 Å². The van der Waals surface area contributed by atoms with Gasteiger partial charge in [0.25, 0.3) is 0 Å². The molecule has 1 fully saturated rings. The summed E-state index contributed by atoms with van der Waals surface area (Å²) in [6, 6.07) is 0. The third kappa shape index (κ3) is 3.92. The number of imidazole rings is 1. The number of carbonyl (C=O) groups is 1.